The Bertz CT molecular complexity index is 980. The average molecular weight is 422 g/mol. The topological polar surface area (TPSA) is 62.5 Å². The van der Waals surface area contributed by atoms with Crippen molar-refractivity contribution >= 4 is 17.2 Å². The lowest BCUT2D eigenvalue weighted by atomic mass is 10.1. The number of rotatable bonds is 4. The number of nitrogens with zero attached hydrogens (tertiary/aromatic N) is 4. The molecule has 0 aliphatic carbocycles. The van der Waals surface area contributed by atoms with E-state index in [2.05, 4.69) is 15.0 Å². The predicted molar refractivity (Wildman–Crippen MR) is 100 cm³/mol. The fraction of sp³-hybridized carbons (Fsp3) is 0.316. The third-order valence-corrected chi connectivity index (χ3v) is 5.53. The second-order valence-corrected chi connectivity index (χ2v) is 7.58. The number of halogens is 3. The van der Waals surface area contributed by atoms with Crippen molar-refractivity contribution in [3.63, 3.8) is 0 Å². The van der Waals surface area contributed by atoms with Crippen molar-refractivity contribution in [2.24, 2.45) is 0 Å². The Morgan fingerprint density at radius 2 is 1.93 bits per heavy atom. The van der Waals surface area contributed by atoms with E-state index in [1.54, 1.807) is 4.90 Å². The SMILES string of the molecule is O=C(c1cccc(C(F)(F)F)c1)N1CCN(Cc2nc(-c3cccs3)no2)CC1. The van der Waals surface area contributed by atoms with Crippen molar-refractivity contribution in [2.45, 2.75) is 12.7 Å². The van der Waals surface area contributed by atoms with Crippen molar-refractivity contribution < 1.29 is 22.5 Å². The van der Waals surface area contributed by atoms with Crippen LogP contribution in [0.1, 0.15) is 21.8 Å². The van der Waals surface area contributed by atoms with Gasteiger partial charge in [-0.05, 0) is 29.6 Å². The second kappa shape index (κ2) is 7.96. The maximum absolute atomic E-state index is 12.9. The van der Waals surface area contributed by atoms with Crippen molar-refractivity contribution in [1.82, 2.24) is 19.9 Å². The minimum absolute atomic E-state index is 0.0470. The first kappa shape index (κ1) is 19.6. The molecule has 0 atom stereocenters. The first-order valence-corrected chi connectivity index (χ1v) is 9.83. The summed E-state index contributed by atoms with van der Waals surface area (Å²) in [6.07, 6.45) is -4.47. The van der Waals surface area contributed by atoms with Crippen molar-refractivity contribution in [2.75, 3.05) is 26.2 Å². The molecule has 1 aliphatic rings. The maximum atomic E-state index is 12.9. The zero-order chi connectivity index (χ0) is 20.4. The molecule has 0 unspecified atom stereocenters. The van der Waals surface area contributed by atoms with Crippen molar-refractivity contribution in [3.05, 3.63) is 58.8 Å². The highest BCUT2D eigenvalue weighted by Crippen LogP contribution is 2.30. The standard InChI is InChI=1S/C19H17F3N4O2S/c20-19(21,22)14-4-1-3-13(11-14)18(27)26-8-6-25(7-9-26)12-16-23-17(24-28-16)15-5-2-10-29-15/h1-5,10-11H,6-9,12H2. The van der Waals surface area contributed by atoms with E-state index in [0.29, 0.717) is 44.4 Å². The molecule has 0 N–H and O–H groups in total. The molecule has 1 aliphatic heterocycles. The molecule has 1 saturated heterocycles. The summed E-state index contributed by atoms with van der Waals surface area (Å²) in [6.45, 7) is 2.44. The number of carbonyl (C=O) groups excluding carboxylic acids is 1. The molecule has 0 saturated carbocycles. The highest BCUT2D eigenvalue weighted by atomic mass is 32.1. The third kappa shape index (κ3) is 4.48. The Morgan fingerprint density at radius 1 is 1.14 bits per heavy atom. The van der Waals surface area contributed by atoms with Gasteiger partial charge in [0.1, 0.15) is 0 Å². The fourth-order valence-corrected chi connectivity index (χ4v) is 3.79. The maximum Gasteiger partial charge on any atom is 0.416 e. The summed E-state index contributed by atoms with van der Waals surface area (Å²) in [7, 11) is 0. The van der Waals surface area contributed by atoms with Gasteiger partial charge in [0.2, 0.25) is 11.7 Å². The van der Waals surface area contributed by atoms with Crippen LogP contribution in [-0.4, -0.2) is 52.0 Å². The number of thiophene rings is 1. The number of amides is 1. The predicted octanol–water partition coefficient (Wildman–Crippen LogP) is 3.77. The first-order valence-electron chi connectivity index (χ1n) is 8.95. The number of hydrogen-bond acceptors (Lipinski definition) is 6. The number of piperazine rings is 1. The number of carbonyl (C=O) groups is 1. The molecule has 2 aromatic heterocycles. The second-order valence-electron chi connectivity index (χ2n) is 6.64. The van der Waals surface area contributed by atoms with E-state index in [-0.39, 0.29) is 5.56 Å². The zero-order valence-corrected chi connectivity index (χ0v) is 16.0. The first-order chi connectivity index (χ1) is 13.9. The van der Waals surface area contributed by atoms with Gasteiger partial charge in [-0.25, -0.2) is 0 Å². The summed E-state index contributed by atoms with van der Waals surface area (Å²) in [5, 5.41) is 5.91. The molecule has 0 bridgehead atoms. The van der Waals surface area contributed by atoms with E-state index in [1.165, 1.54) is 23.5 Å². The largest absolute Gasteiger partial charge is 0.416 e. The van der Waals surface area contributed by atoms with Crippen LogP contribution in [0.15, 0.2) is 46.3 Å². The molecule has 4 rings (SSSR count). The summed E-state index contributed by atoms with van der Waals surface area (Å²) in [5.41, 5.74) is -0.773. The number of aromatic nitrogens is 2. The van der Waals surface area contributed by atoms with Gasteiger partial charge in [-0.2, -0.15) is 18.2 Å². The monoisotopic (exact) mass is 422 g/mol. The molecule has 1 aromatic carbocycles. The summed E-state index contributed by atoms with van der Waals surface area (Å²) in [4.78, 5) is 21.5. The van der Waals surface area contributed by atoms with Gasteiger partial charge in [0, 0.05) is 31.7 Å². The van der Waals surface area contributed by atoms with E-state index >= 15 is 0 Å². The van der Waals surface area contributed by atoms with Gasteiger partial charge >= 0.3 is 6.18 Å². The van der Waals surface area contributed by atoms with Crippen LogP contribution < -0.4 is 0 Å². The van der Waals surface area contributed by atoms with Crippen molar-refractivity contribution in [3.8, 4) is 10.7 Å². The van der Waals surface area contributed by atoms with Gasteiger partial charge < -0.3 is 9.42 Å². The van der Waals surface area contributed by atoms with Crippen LogP contribution in [0.4, 0.5) is 13.2 Å². The van der Waals surface area contributed by atoms with Gasteiger partial charge in [-0.15, -0.1) is 11.3 Å². The van der Waals surface area contributed by atoms with Crippen LogP contribution in [0.5, 0.6) is 0 Å². The van der Waals surface area contributed by atoms with Crippen LogP contribution in [0.25, 0.3) is 10.7 Å². The van der Waals surface area contributed by atoms with E-state index in [4.69, 9.17) is 4.52 Å². The highest BCUT2D eigenvalue weighted by Gasteiger charge is 2.31. The Morgan fingerprint density at radius 3 is 2.62 bits per heavy atom. The van der Waals surface area contributed by atoms with E-state index in [0.717, 1.165) is 17.0 Å². The molecule has 1 fully saturated rings. The lowest BCUT2D eigenvalue weighted by molar-refractivity contribution is -0.137. The van der Waals surface area contributed by atoms with Crippen LogP contribution in [0.3, 0.4) is 0 Å². The molecular formula is C19H17F3N4O2S. The molecule has 0 spiro atoms. The van der Waals surface area contributed by atoms with Crippen LogP contribution in [0.2, 0.25) is 0 Å². The summed E-state index contributed by atoms with van der Waals surface area (Å²) < 4.78 is 43.9. The quantitative estimate of drug-likeness (QED) is 0.641. The molecule has 1 amide bonds. The lowest BCUT2D eigenvalue weighted by Gasteiger charge is -2.34. The Kier molecular flexibility index (Phi) is 5.37. The molecule has 10 heteroatoms. The minimum Gasteiger partial charge on any atom is -0.338 e. The molecule has 0 radical (unpaired) electrons. The molecule has 152 valence electrons. The van der Waals surface area contributed by atoms with E-state index < -0.39 is 17.6 Å². The van der Waals surface area contributed by atoms with Gasteiger partial charge in [0.15, 0.2) is 0 Å². The van der Waals surface area contributed by atoms with Crippen LogP contribution in [0, 0.1) is 0 Å². The molecule has 3 heterocycles. The van der Waals surface area contributed by atoms with Gasteiger partial charge in [-0.1, -0.05) is 17.3 Å². The Hall–Kier alpha value is -2.72. The van der Waals surface area contributed by atoms with E-state index in [9.17, 15) is 18.0 Å². The van der Waals surface area contributed by atoms with E-state index in [1.807, 2.05) is 17.5 Å². The molecule has 6 nitrogen and oxygen atoms in total. The number of benzene rings is 1. The normalized spacial score (nSPS) is 15.6. The van der Waals surface area contributed by atoms with Crippen LogP contribution >= 0.6 is 11.3 Å². The number of alkyl halides is 3. The number of hydrogen-bond donors (Lipinski definition) is 0. The van der Waals surface area contributed by atoms with Gasteiger partial charge in [0.25, 0.3) is 5.91 Å². The summed E-state index contributed by atoms with van der Waals surface area (Å²) >= 11 is 1.53. The van der Waals surface area contributed by atoms with Gasteiger partial charge in [0.05, 0.1) is 17.0 Å². The zero-order valence-electron chi connectivity index (χ0n) is 15.2. The molecular weight excluding hydrogens is 405 g/mol. The summed E-state index contributed by atoms with van der Waals surface area (Å²) in [6, 6.07) is 8.36. The molecule has 29 heavy (non-hydrogen) atoms. The smallest absolute Gasteiger partial charge is 0.338 e. The highest BCUT2D eigenvalue weighted by molar-refractivity contribution is 7.13. The Balaban J connectivity index is 1.34. The molecule has 3 aromatic rings. The fourth-order valence-electron chi connectivity index (χ4n) is 3.14. The lowest BCUT2D eigenvalue weighted by Crippen LogP contribution is -2.48. The third-order valence-electron chi connectivity index (χ3n) is 4.66. The van der Waals surface area contributed by atoms with Crippen LogP contribution in [-0.2, 0) is 12.7 Å². The van der Waals surface area contributed by atoms with Crippen molar-refractivity contribution in [1.29, 1.82) is 0 Å². The van der Waals surface area contributed by atoms with Gasteiger partial charge in [-0.3, -0.25) is 9.69 Å². The summed E-state index contributed by atoms with van der Waals surface area (Å²) in [5.74, 6) is 0.646. The minimum atomic E-state index is -4.47. The Labute approximate surface area is 168 Å². The average Bonchev–Trinajstić information content (AvgIpc) is 3.39.